The van der Waals surface area contributed by atoms with E-state index >= 15 is 0 Å². The smallest absolute Gasteiger partial charge is 0.252 e. The number of aryl methyl sites for hydroxylation is 2. The van der Waals surface area contributed by atoms with E-state index in [4.69, 9.17) is 9.47 Å². The van der Waals surface area contributed by atoms with E-state index in [1.165, 1.54) is 178 Å². The lowest BCUT2D eigenvalue weighted by atomic mass is 9.33. The molecule has 0 saturated heterocycles. The zero-order chi connectivity index (χ0) is 82.1. The summed E-state index contributed by atoms with van der Waals surface area (Å²) in [4.78, 5) is 5.52. The minimum atomic E-state index is -0.533. The molecule has 21 rings (SSSR count). The maximum atomic E-state index is 6.96. The van der Waals surface area contributed by atoms with Crippen LogP contribution in [0.3, 0.4) is 0 Å². The van der Waals surface area contributed by atoms with E-state index in [0.29, 0.717) is 0 Å². The molecule has 0 unspecified atom stereocenters. The molecule has 4 aliphatic heterocycles. The molecule has 0 N–H and O–H groups in total. The Bertz CT molecular complexity index is 6110. The predicted molar refractivity (Wildman–Crippen MR) is 508 cm³/mol. The van der Waals surface area contributed by atoms with Crippen LogP contribution in [0, 0.1) is 0 Å². The van der Waals surface area contributed by atoms with Crippen molar-refractivity contribution in [3.8, 4) is 89.8 Å². The van der Waals surface area contributed by atoms with Gasteiger partial charge in [-0.1, -0.05) is 355 Å². The first-order chi connectivity index (χ1) is 58.9. The molecule has 0 atom stereocenters. The fourth-order valence-corrected chi connectivity index (χ4v) is 21.7. The van der Waals surface area contributed by atoms with Crippen molar-refractivity contribution in [2.45, 2.75) is 154 Å². The molecule has 0 bridgehead atoms. The molecular weight excluding hydrogens is 1460 g/mol. The number of para-hydroxylation sites is 2. The summed E-state index contributed by atoms with van der Waals surface area (Å²) in [6.45, 7) is 23.2. The topological polar surface area (TPSA) is 24.9 Å². The summed E-state index contributed by atoms with van der Waals surface area (Å²) >= 11 is 0. The van der Waals surface area contributed by atoms with E-state index < -0.39 is 10.8 Å². The van der Waals surface area contributed by atoms with Crippen molar-refractivity contribution in [3.05, 3.63) is 400 Å². The molecule has 15 aromatic carbocycles. The summed E-state index contributed by atoms with van der Waals surface area (Å²) in [5, 5.41) is 0. The Morgan fingerprint density at radius 3 is 0.975 bits per heavy atom. The molecule has 0 aromatic heterocycles. The molecule has 121 heavy (non-hydrogen) atoms. The highest BCUT2D eigenvalue weighted by molar-refractivity contribution is 7.00. The Morgan fingerprint density at radius 1 is 0.248 bits per heavy atom. The van der Waals surface area contributed by atoms with Gasteiger partial charge in [0.05, 0.1) is 10.8 Å². The largest absolute Gasteiger partial charge is 0.457 e. The average Bonchev–Trinajstić information content (AvgIpc) is 1.27. The second-order valence-electron chi connectivity index (χ2n) is 38.1. The maximum absolute atomic E-state index is 6.96. The number of unbranched alkanes of at least 4 members (excludes halogenated alkanes) is 6. The average molecular weight is 1570 g/mol. The van der Waals surface area contributed by atoms with Crippen LogP contribution in [0.4, 0.5) is 22.7 Å². The fourth-order valence-electron chi connectivity index (χ4n) is 21.7. The maximum Gasteiger partial charge on any atom is 0.252 e. The SMILES string of the molecule is CC(C)(C)c1ccc(CCCCCCN2c3ccc(-c4ccccc4)cc3B3c4cc(-c5ccccc5)ccc4N(CCCCCCc4ccc(C(C)(C)C)cc4-c4ccc5c(c4)C4(c6ccccc6O5)c5ccccc5-c5ccccc54)c4cc(C(C)(C)C)cc2c43)c(-c2ccc3c(c2)C2(c4ccccc4O3)c3ccccc3-c3ccccc32)c1. The standard InChI is InChI=1S/C116H105BN2O2/c1-112(2,3)84-60-54-78(91(72-84)82-58-64-109-99(68-82)115(97-50-30-32-52-107(97)120-109)93-46-26-22-42-87(93)88-43-23-27-47-94(88)115)40-16-10-12-34-66-118-103-62-56-80(76-36-18-14-19-37-76)70-101(103)117-102-71-81(77-38-20-15-21-39-77)57-63-104(102)119(106-75-86(114(7,8)9)74-105(118)111(106)117)67-35-13-11-17-41-79-55-61-85(113(4,5)6)73-92(79)83-59-65-110-100(69-83)116(98-51-31-33-53-108(98)121-110)95-48-28-24-44-89(95)90-45-25-29-49-96(90)116/h14-15,18-33,36-39,42-65,68-75H,10-13,16-17,34-35,40-41,66-67H2,1-9H3. The van der Waals surface area contributed by atoms with E-state index in [1.54, 1.807) is 0 Å². The number of fused-ring (bicyclic) bond motifs is 22. The van der Waals surface area contributed by atoms with Gasteiger partial charge in [-0.3, -0.25) is 0 Å². The Morgan fingerprint density at radius 2 is 0.587 bits per heavy atom. The Kier molecular flexibility index (Phi) is 18.7. The highest BCUT2D eigenvalue weighted by Gasteiger charge is 2.53. The molecule has 4 heterocycles. The van der Waals surface area contributed by atoms with Crippen molar-refractivity contribution in [1.82, 2.24) is 0 Å². The van der Waals surface area contributed by atoms with Crippen LogP contribution >= 0.6 is 0 Å². The van der Waals surface area contributed by atoms with Gasteiger partial charge in [0.1, 0.15) is 23.0 Å². The second kappa shape index (κ2) is 29.8. The third kappa shape index (κ3) is 12.7. The zero-order valence-corrected chi connectivity index (χ0v) is 71.5. The van der Waals surface area contributed by atoms with E-state index in [-0.39, 0.29) is 23.0 Å². The second-order valence-corrected chi connectivity index (χ2v) is 38.1. The van der Waals surface area contributed by atoms with Crippen molar-refractivity contribution in [1.29, 1.82) is 0 Å². The van der Waals surface area contributed by atoms with Crippen molar-refractivity contribution in [3.63, 3.8) is 0 Å². The molecular formula is C116H105BN2O2. The van der Waals surface area contributed by atoms with Crippen LogP contribution in [0.25, 0.3) is 66.8 Å². The Hall–Kier alpha value is -12.4. The van der Waals surface area contributed by atoms with E-state index in [2.05, 4.69) is 400 Å². The molecule has 15 aromatic rings. The van der Waals surface area contributed by atoms with Gasteiger partial charge in [0, 0.05) is 58.1 Å². The van der Waals surface area contributed by atoms with E-state index in [0.717, 1.165) is 100 Å². The fraction of sp³-hybridized carbons (Fsp3) is 0.224. The molecule has 5 heteroatoms. The number of anilines is 4. The lowest BCUT2D eigenvalue weighted by Gasteiger charge is -2.45. The Balaban J connectivity index is 0.584. The molecule has 0 radical (unpaired) electrons. The van der Waals surface area contributed by atoms with Crippen LogP contribution in [0.15, 0.2) is 328 Å². The van der Waals surface area contributed by atoms with Crippen molar-refractivity contribution < 1.29 is 9.47 Å². The normalized spacial score (nSPS) is 14.3. The highest BCUT2D eigenvalue weighted by Crippen LogP contribution is 2.65. The molecule has 2 spiro atoms. The lowest BCUT2D eigenvalue weighted by Crippen LogP contribution is -2.62. The number of benzene rings is 15. The third-order valence-electron chi connectivity index (χ3n) is 27.8. The summed E-state index contributed by atoms with van der Waals surface area (Å²) < 4.78 is 13.9. The molecule has 4 nitrogen and oxygen atoms in total. The Labute approximate surface area is 716 Å². The van der Waals surface area contributed by atoms with Crippen LogP contribution < -0.4 is 35.7 Å². The summed E-state index contributed by atoms with van der Waals surface area (Å²) in [6, 6.07) is 125. The quantitative estimate of drug-likeness (QED) is 0.0631. The molecule has 6 aliphatic rings. The molecule has 0 amide bonds. The van der Waals surface area contributed by atoms with Gasteiger partial charge < -0.3 is 19.3 Å². The van der Waals surface area contributed by atoms with Gasteiger partial charge in [-0.15, -0.1) is 0 Å². The van der Waals surface area contributed by atoms with Crippen molar-refractivity contribution >= 4 is 45.9 Å². The molecule has 2 aliphatic carbocycles. The molecule has 0 saturated carbocycles. The van der Waals surface area contributed by atoms with Crippen molar-refractivity contribution in [2.24, 2.45) is 0 Å². The van der Waals surface area contributed by atoms with Crippen LogP contribution in [0.1, 0.15) is 186 Å². The van der Waals surface area contributed by atoms with Crippen molar-refractivity contribution in [2.75, 3.05) is 22.9 Å². The third-order valence-corrected chi connectivity index (χ3v) is 27.8. The van der Waals surface area contributed by atoms with Gasteiger partial charge in [0.2, 0.25) is 0 Å². The number of hydrogen-bond donors (Lipinski definition) is 0. The monoisotopic (exact) mass is 1570 g/mol. The first kappa shape index (κ1) is 76.0. The predicted octanol–water partition coefficient (Wildman–Crippen LogP) is 28.2. The van der Waals surface area contributed by atoms with Crippen LogP contribution in [0.5, 0.6) is 23.0 Å². The lowest BCUT2D eigenvalue weighted by molar-refractivity contribution is 0.436. The summed E-state index contributed by atoms with van der Waals surface area (Å²) in [5.41, 5.74) is 40.6. The first-order valence-corrected chi connectivity index (χ1v) is 44.5. The van der Waals surface area contributed by atoms with E-state index in [1.807, 2.05) is 0 Å². The molecule has 594 valence electrons. The highest BCUT2D eigenvalue weighted by atomic mass is 16.5. The zero-order valence-electron chi connectivity index (χ0n) is 71.5. The van der Waals surface area contributed by atoms with Gasteiger partial charge in [-0.05, 0) is 249 Å². The number of nitrogens with zero attached hydrogens (tertiary/aromatic N) is 2. The number of ether oxygens (including phenoxy) is 2. The van der Waals surface area contributed by atoms with E-state index in [9.17, 15) is 0 Å². The van der Waals surface area contributed by atoms with Gasteiger partial charge in [-0.25, -0.2) is 0 Å². The first-order valence-electron chi connectivity index (χ1n) is 44.5. The van der Waals surface area contributed by atoms with Gasteiger partial charge in [0.25, 0.3) is 6.71 Å². The minimum Gasteiger partial charge on any atom is -0.457 e. The summed E-state index contributed by atoms with van der Waals surface area (Å²) in [5.74, 6) is 3.68. The summed E-state index contributed by atoms with van der Waals surface area (Å²) in [7, 11) is 0. The van der Waals surface area contributed by atoms with Crippen LogP contribution in [-0.4, -0.2) is 19.8 Å². The minimum absolute atomic E-state index is 0.0177. The van der Waals surface area contributed by atoms with Crippen LogP contribution in [0.2, 0.25) is 0 Å². The number of rotatable bonds is 18. The van der Waals surface area contributed by atoms with Gasteiger partial charge in [0.15, 0.2) is 0 Å². The van der Waals surface area contributed by atoms with Crippen LogP contribution in [-0.2, 0) is 39.9 Å². The summed E-state index contributed by atoms with van der Waals surface area (Å²) in [6.07, 6.45) is 10.8. The number of hydrogen-bond acceptors (Lipinski definition) is 4. The van der Waals surface area contributed by atoms with Gasteiger partial charge >= 0.3 is 0 Å². The molecule has 0 fully saturated rings. The van der Waals surface area contributed by atoms with Gasteiger partial charge in [-0.2, -0.15) is 0 Å².